The first-order chi connectivity index (χ1) is 11.5. The number of halogens is 2. The molecule has 5 nitrogen and oxygen atoms in total. The molecule has 0 fully saturated rings. The highest BCUT2D eigenvalue weighted by Crippen LogP contribution is 2.14. The summed E-state index contributed by atoms with van der Waals surface area (Å²) in [4.78, 5) is 19.2. The van der Waals surface area contributed by atoms with Crippen LogP contribution < -0.4 is 10.1 Å². The summed E-state index contributed by atoms with van der Waals surface area (Å²) in [7, 11) is 0. The summed E-state index contributed by atoms with van der Waals surface area (Å²) in [5.41, 5.74) is 1.17. The van der Waals surface area contributed by atoms with Crippen molar-refractivity contribution in [3.8, 4) is 5.75 Å². The second-order valence-corrected chi connectivity index (χ2v) is 5.28. The quantitative estimate of drug-likeness (QED) is 0.755. The van der Waals surface area contributed by atoms with E-state index < -0.39 is 11.9 Å². The number of ether oxygens (including phenoxy) is 1. The minimum Gasteiger partial charge on any atom is -0.481 e. The van der Waals surface area contributed by atoms with Gasteiger partial charge in [-0.1, -0.05) is 6.07 Å². The minimum absolute atomic E-state index is 0.145. The van der Waals surface area contributed by atoms with Gasteiger partial charge in [0.25, 0.3) is 5.91 Å². The number of hydrogen-bond donors (Lipinski definition) is 2. The number of carbonyl (C=O) groups excluding carboxylic acids is 1. The van der Waals surface area contributed by atoms with E-state index >= 15 is 0 Å². The Morgan fingerprint density at radius 1 is 1.25 bits per heavy atom. The molecule has 0 aliphatic rings. The zero-order valence-electron chi connectivity index (χ0n) is 12.8. The van der Waals surface area contributed by atoms with Gasteiger partial charge >= 0.3 is 0 Å². The van der Waals surface area contributed by atoms with Crippen LogP contribution in [0.1, 0.15) is 12.7 Å². The minimum atomic E-state index is -0.798. The third kappa shape index (κ3) is 3.68. The molecule has 0 bridgehead atoms. The number of aromatic amines is 1. The molecular formula is C17H15F2N3O2. The number of hydrogen-bond acceptors (Lipinski definition) is 3. The molecule has 0 spiro atoms. The fourth-order valence-corrected chi connectivity index (χ4v) is 2.23. The van der Waals surface area contributed by atoms with Gasteiger partial charge in [0.2, 0.25) is 0 Å². The summed E-state index contributed by atoms with van der Waals surface area (Å²) in [6, 6.07) is 9.79. The molecule has 24 heavy (non-hydrogen) atoms. The Balaban J connectivity index is 1.59. The predicted molar refractivity (Wildman–Crippen MR) is 84.4 cm³/mol. The van der Waals surface area contributed by atoms with Crippen molar-refractivity contribution in [3.63, 3.8) is 0 Å². The molecule has 0 saturated carbocycles. The molecule has 7 heteroatoms. The summed E-state index contributed by atoms with van der Waals surface area (Å²) in [6.45, 7) is 1.71. The molecule has 2 N–H and O–H groups in total. The van der Waals surface area contributed by atoms with Crippen LogP contribution in [0.3, 0.4) is 0 Å². The normalized spacial score (nSPS) is 12.1. The van der Waals surface area contributed by atoms with Crippen molar-refractivity contribution in [2.45, 2.75) is 19.6 Å². The highest BCUT2D eigenvalue weighted by atomic mass is 19.1. The van der Waals surface area contributed by atoms with Crippen LogP contribution in [0.5, 0.6) is 5.75 Å². The van der Waals surface area contributed by atoms with Gasteiger partial charge in [0.05, 0.1) is 17.6 Å². The smallest absolute Gasteiger partial charge is 0.261 e. The van der Waals surface area contributed by atoms with Crippen LogP contribution in [0.25, 0.3) is 11.0 Å². The fraction of sp³-hybridized carbons (Fsp3) is 0.176. The largest absolute Gasteiger partial charge is 0.481 e. The Kier molecular flexibility index (Phi) is 4.41. The van der Waals surface area contributed by atoms with E-state index in [1.165, 1.54) is 30.3 Å². The molecule has 0 saturated heterocycles. The molecule has 1 atom stereocenters. The third-order valence-electron chi connectivity index (χ3n) is 3.40. The lowest BCUT2D eigenvalue weighted by atomic mass is 10.3. The van der Waals surface area contributed by atoms with Crippen molar-refractivity contribution >= 4 is 16.9 Å². The van der Waals surface area contributed by atoms with Crippen molar-refractivity contribution in [2.75, 3.05) is 0 Å². The maximum atomic E-state index is 13.1. The van der Waals surface area contributed by atoms with Crippen molar-refractivity contribution in [3.05, 3.63) is 59.9 Å². The Morgan fingerprint density at radius 2 is 2.04 bits per heavy atom. The average Bonchev–Trinajstić information content (AvgIpc) is 2.94. The Hall–Kier alpha value is -2.96. The summed E-state index contributed by atoms with van der Waals surface area (Å²) >= 11 is 0. The third-order valence-corrected chi connectivity index (χ3v) is 3.40. The van der Waals surface area contributed by atoms with Gasteiger partial charge in [-0.25, -0.2) is 13.8 Å². The van der Waals surface area contributed by atoms with Crippen molar-refractivity contribution in [1.29, 1.82) is 0 Å². The molecule has 1 heterocycles. The number of imidazole rings is 1. The summed E-state index contributed by atoms with van der Waals surface area (Å²) in [6.07, 6.45) is -0.798. The van der Waals surface area contributed by atoms with E-state index in [4.69, 9.17) is 4.74 Å². The maximum Gasteiger partial charge on any atom is 0.261 e. The summed E-state index contributed by atoms with van der Waals surface area (Å²) in [5.74, 6) is -0.391. The number of benzene rings is 2. The number of aromatic nitrogens is 2. The van der Waals surface area contributed by atoms with Gasteiger partial charge in [0, 0.05) is 6.07 Å². The number of carbonyl (C=O) groups is 1. The molecule has 2 aromatic carbocycles. The molecule has 1 amide bonds. The van der Waals surface area contributed by atoms with Crippen molar-refractivity contribution < 1.29 is 18.3 Å². The second kappa shape index (κ2) is 6.66. The molecule has 3 aromatic rings. The van der Waals surface area contributed by atoms with Crippen LogP contribution >= 0.6 is 0 Å². The van der Waals surface area contributed by atoms with Crippen LogP contribution in [0.4, 0.5) is 8.78 Å². The standard InChI is InChI=1S/C17H15F2N3O2/c1-10(24-13-4-2-3-11(18)7-13)17(23)20-9-16-21-14-6-5-12(19)8-15(14)22-16/h2-8,10H,9H2,1H3,(H,20,23)(H,21,22). The Labute approximate surface area is 136 Å². The molecule has 1 aromatic heterocycles. The summed E-state index contributed by atoms with van der Waals surface area (Å²) in [5, 5.41) is 2.66. The van der Waals surface area contributed by atoms with E-state index in [0.29, 0.717) is 16.9 Å². The van der Waals surface area contributed by atoms with Crippen LogP contribution in [-0.2, 0) is 11.3 Å². The number of H-pyrrole nitrogens is 1. The van der Waals surface area contributed by atoms with Crippen LogP contribution in [-0.4, -0.2) is 22.0 Å². The first-order valence-corrected chi connectivity index (χ1v) is 7.35. The number of nitrogens with one attached hydrogen (secondary N) is 2. The Morgan fingerprint density at radius 3 is 2.83 bits per heavy atom. The van der Waals surface area contributed by atoms with E-state index in [1.807, 2.05) is 0 Å². The van der Waals surface area contributed by atoms with Gasteiger partial charge in [-0.05, 0) is 37.3 Å². The molecule has 0 aliphatic heterocycles. The van der Waals surface area contributed by atoms with Gasteiger partial charge < -0.3 is 15.0 Å². The SMILES string of the molecule is CC(Oc1cccc(F)c1)C(=O)NCc1nc2ccc(F)cc2[nH]1. The van der Waals surface area contributed by atoms with E-state index in [1.54, 1.807) is 19.1 Å². The lowest BCUT2D eigenvalue weighted by Crippen LogP contribution is -2.36. The van der Waals surface area contributed by atoms with Crippen molar-refractivity contribution in [2.24, 2.45) is 0 Å². The van der Waals surface area contributed by atoms with Crippen molar-refractivity contribution in [1.82, 2.24) is 15.3 Å². The predicted octanol–water partition coefficient (Wildman–Crippen LogP) is 2.92. The first-order valence-electron chi connectivity index (χ1n) is 7.35. The molecule has 1 unspecified atom stereocenters. The number of nitrogens with zero attached hydrogens (tertiary/aromatic N) is 1. The second-order valence-electron chi connectivity index (χ2n) is 5.28. The lowest BCUT2D eigenvalue weighted by Gasteiger charge is -2.14. The van der Waals surface area contributed by atoms with Crippen LogP contribution in [0, 0.1) is 11.6 Å². The summed E-state index contributed by atoms with van der Waals surface area (Å²) < 4.78 is 31.6. The highest BCUT2D eigenvalue weighted by molar-refractivity contribution is 5.81. The lowest BCUT2D eigenvalue weighted by molar-refractivity contribution is -0.127. The van der Waals surface area contributed by atoms with E-state index in [9.17, 15) is 13.6 Å². The van der Waals surface area contributed by atoms with Gasteiger partial charge in [-0.2, -0.15) is 0 Å². The van der Waals surface area contributed by atoms with E-state index in [0.717, 1.165) is 0 Å². The van der Waals surface area contributed by atoms with Gasteiger partial charge in [0.15, 0.2) is 6.10 Å². The zero-order chi connectivity index (χ0) is 17.1. The molecule has 3 rings (SSSR count). The molecular weight excluding hydrogens is 316 g/mol. The molecule has 0 radical (unpaired) electrons. The number of fused-ring (bicyclic) bond motifs is 1. The van der Waals surface area contributed by atoms with Crippen LogP contribution in [0.2, 0.25) is 0 Å². The highest BCUT2D eigenvalue weighted by Gasteiger charge is 2.15. The van der Waals surface area contributed by atoms with Gasteiger partial charge in [0.1, 0.15) is 23.2 Å². The monoisotopic (exact) mass is 331 g/mol. The average molecular weight is 331 g/mol. The number of rotatable bonds is 5. The van der Waals surface area contributed by atoms with Gasteiger partial charge in [-0.3, -0.25) is 4.79 Å². The van der Waals surface area contributed by atoms with Crippen LogP contribution in [0.15, 0.2) is 42.5 Å². The fourth-order valence-electron chi connectivity index (χ4n) is 2.23. The first kappa shape index (κ1) is 15.9. The maximum absolute atomic E-state index is 13.1. The molecule has 124 valence electrons. The van der Waals surface area contributed by atoms with E-state index in [2.05, 4.69) is 15.3 Å². The topological polar surface area (TPSA) is 67.0 Å². The zero-order valence-corrected chi connectivity index (χ0v) is 12.8. The van der Waals surface area contributed by atoms with E-state index in [-0.39, 0.29) is 24.0 Å². The Bertz CT molecular complexity index is 879. The molecule has 0 aliphatic carbocycles. The number of amides is 1. The van der Waals surface area contributed by atoms with Gasteiger partial charge in [-0.15, -0.1) is 0 Å².